The summed E-state index contributed by atoms with van der Waals surface area (Å²) in [5.41, 5.74) is -0.965. The van der Waals surface area contributed by atoms with E-state index in [1.807, 2.05) is 34.6 Å². The summed E-state index contributed by atoms with van der Waals surface area (Å²) in [6.07, 6.45) is 0.988. The number of ether oxygens (including phenoxy) is 3. The first-order valence-corrected chi connectivity index (χ1v) is 7.41. The molecule has 3 atom stereocenters. The molecule has 0 heterocycles. The van der Waals surface area contributed by atoms with Gasteiger partial charge in [-0.15, -0.1) is 0 Å². The third-order valence-corrected chi connectivity index (χ3v) is 3.15. The SMILES string of the molecule is CCOC(OC)OC(C)CC#CC#CC(O)(CC)C(C)C. The zero-order chi connectivity index (χ0) is 16.3. The van der Waals surface area contributed by atoms with Gasteiger partial charge in [0.2, 0.25) is 0 Å². The van der Waals surface area contributed by atoms with Gasteiger partial charge in [0.05, 0.1) is 6.10 Å². The first kappa shape index (κ1) is 20.0. The predicted molar refractivity (Wildman–Crippen MR) is 83.2 cm³/mol. The lowest BCUT2D eigenvalue weighted by Crippen LogP contribution is -2.32. The molecule has 0 bridgehead atoms. The van der Waals surface area contributed by atoms with Gasteiger partial charge in [0.1, 0.15) is 5.60 Å². The highest BCUT2D eigenvalue weighted by Crippen LogP contribution is 2.19. The molecule has 0 rings (SSSR count). The lowest BCUT2D eigenvalue weighted by molar-refractivity contribution is -0.289. The Morgan fingerprint density at radius 3 is 2.29 bits per heavy atom. The van der Waals surface area contributed by atoms with Crippen molar-refractivity contribution in [2.45, 2.75) is 65.6 Å². The van der Waals surface area contributed by atoms with Gasteiger partial charge in [-0.25, -0.2) is 0 Å². The van der Waals surface area contributed by atoms with Crippen molar-refractivity contribution in [3.8, 4) is 23.7 Å². The molecule has 3 unspecified atom stereocenters. The minimum absolute atomic E-state index is 0.0766. The minimum atomic E-state index is -0.965. The third-order valence-electron chi connectivity index (χ3n) is 3.15. The summed E-state index contributed by atoms with van der Waals surface area (Å²) in [6.45, 7) is 9.43. The largest absolute Gasteiger partial charge is 0.377 e. The summed E-state index contributed by atoms with van der Waals surface area (Å²) in [5, 5.41) is 10.2. The van der Waals surface area contributed by atoms with Crippen LogP contribution >= 0.6 is 0 Å². The Morgan fingerprint density at radius 2 is 1.81 bits per heavy atom. The summed E-state index contributed by atoms with van der Waals surface area (Å²) in [4.78, 5) is 0. The van der Waals surface area contributed by atoms with E-state index in [0.717, 1.165) is 0 Å². The van der Waals surface area contributed by atoms with Crippen LogP contribution in [0, 0.1) is 29.6 Å². The van der Waals surface area contributed by atoms with Crippen molar-refractivity contribution in [3.05, 3.63) is 0 Å². The summed E-state index contributed by atoms with van der Waals surface area (Å²) >= 11 is 0. The van der Waals surface area contributed by atoms with E-state index < -0.39 is 12.1 Å². The summed E-state index contributed by atoms with van der Waals surface area (Å²) < 4.78 is 15.7. The molecule has 0 aliphatic heterocycles. The van der Waals surface area contributed by atoms with Crippen LogP contribution in [0.25, 0.3) is 0 Å². The van der Waals surface area contributed by atoms with E-state index in [9.17, 15) is 5.11 Å². The van der Waals surface area contributed by atoms with E-state index in [-0.39, 0.29) is 12.0 Å². The molecular formula is C17H28O4. The molecule has 0 aromatic rings. The second-order valence-corrected chi connectivity index (χ2v) is 5.11. The molecule has 21 heavy (non-hydrogen) atoms. The van der Waals surface area contributed by atoms with Gasteiger partial charge >= 0.3 is 0 Å². The average Bonchev–Trinajstić information content (AvgIpc) is 2.45. The number of aliphatic hydroxyl groups is 1. The van der Waals surface area contributed by atoms with Crippen molar-refractivity contribution in [2.75, 3.05) is 13.7 Å². The fourth-order valence-corrected chi connectivity index (χ4v) is 1.56. The van der Waals surface area contributed by atoms with Gasteiger partial charge in [-0.05, 0) is 38.0 Å². The predicted octanol–water partition coefficient (Wildman–Crippen LogP) is 2.55. The average molecular weight is 296 g/mol. The number of hydrogen-bond donors (Lipinski definition) is 1. The van der Waals surface area contributed by atoms with Crippen LogP contribution in [-0.2, 0) is 14.2 Å². The van der Waals surface area contributed by atoms with Gasteiger partial charge in [0, 0.05) is 20.1 Å². The molecule has 0 aromatic heterocycles. The maximum absolute atomic E-state index is 10.2. The van der Waals surface area contributed by atoms with Gasteiger partial charge in [-0.2, -0.15) is 0 Å². The molecule has 0 fully saturated rings. The fourth-order valence-electron chi connectivity index (χ4n) is 1.56. The van der Waals surface area contributed by atoms with E-state index >= 15 is 0 Å². The highest BCUT2D eigenvalue weighted by molar-refractivity contribution is 5.30. The van der Waals surface area contributed by atoms with Crippen molar-refractivity contribution in [2.24, 2.45) is 5.92 Å². The Hall–Kier alpha value is -1.04. The van der Waals surface area contributed by atoms with Crippen LogP contribution in [0.15, 0.2) is 0 Å². The first-order valence-electron chi connectivity index (χ1n) is 7.41. The molecule has 0 spiro atoms. The smallest absolute Gasteiger partial charge is 0.271 e. The van der Waals surface area contributed by atoms with Crippen LogP contribution < -0.4 is 0 Å². The lowest BCUT2D eigenvalue weighted by atomic mass is 9.88. The maximum Gasteiger partial charge on any atom is 0.271 e. The fraction of sp³-hybridized carbons (Fsp3) is 0.765. The normalized spacial score (nSPS) is 16.2. The van der Waals surface area contributed by atoms with Crippen LogP contribution in [-0.4, -0.2) is 37.0 Å². The molecule has 0 aliphatic rings. The second kappa shape index (κ2) is 10.7. The Morgan fingerprint density at radius 1 is 1.14 bits per heavy atom. The van der Waals surface area contributed by atoms with E-state index in [4.69, 9.17) is 14.2 Å². The van der Waals surface area contributed by atoms with Crippen molar-refractivity contribution in [1.82, 2.24) is 0 Å². The molecule has 120 valence electrons. The van der Waals surface area contributed by atoms with E-state index in [0.29, 0.717) is 19.4 Å². The highest BCUT2D eigenvalue weighted by Gasteiger charge is 2.25. The molecule has 0 saturated carbocycles. The summed E-state index contributed by atoms with van der Waals surface area (Å²) in [5.74, 6) is 11.3. The summed E-state index contributed by atoms with van der Waals surface area (Å²) in [6, 6.07) is 0. The molecule has 0 aliphatic carbocycles. The standard InChI is InChI=1S/C17H28O4/c1-7-17(18,14(3)4)13-11-9-10-12-15(5)21-16(19-6)20-8-2/h14-16,18H,7-8,12H2,1-6H3. The zero-order valence-electron chi connectivity index (χ0n) is 14.0. The molecule has 1 N–H and O–H groups in total. The minimum Gasteiger partial charge on any atom is -0.377 e. The quantitative estimate of drug-likeness (QED) is 0.552. The van der Waals surface area contributed by atoms with Gasteiger partial charge in [0.15, 0.2) is 0 Å². The molecular weight excluding hydrogens is 268 g/mol. The maximum atomic E-state index is 10.2. The van der Waals surface area contributed by atoms with Crippen LogP contribution in [0.3, 0.4) is 0 Å². The van der Waals surface area contributed by atoms with E-state index in [1.54, 1.807) is 0 Å². The van der Waals surface area contributed by atoms with Crippen molar-refractivity contribution in [3.63, 3.8) is 0 Å². The molecule has 0 radical (unpaired) electrons. The lowest BCUT2D eigenvalue weighted by Gasteiger charge is -2.24. The second-order valence-electron chi connectivity index (χ2n) is 5.11. The number of rotatable bonds is 8. The molecule has 0 saturated heterocycles. The molecule has 4 heteroatoms. The molecule has 0 amide bonds. The van der Waals surface area contributed by atoms with E-state index in [2.05, 4.69) is 23.7 Å². The van der Waals surface area contributed by atoms with Gasteiger partial charge in [-0.3, -0.25) is 0 Å². The van der Waals surface area contributed by atoms with Crippen molar-refractivity contribution < 1.29 is 19.3 Å². The Bertz CT molecular complexity index is 396. The summed E-state index contributed by atoms with van der Waals surface area (Å²) in [7, 11) is 1.53. The first-order chi connectivity index (χ1) is 9.89. The topological polar surface area (TPSA) is 47.9 Å². The van der Waals surface area contributed by atoms with Crippen LogP contribution in [0.1, 0.15) is 47.5 Å². The van der Waals surface area contributed by atoms with Crippen molar-refractivity contribution >= 4 is 0 Å². The van der Waals surface area contributed by atoms with Gasteiger partial charge < -0.3 is 19.3 Å². The van der Waals surface area contributed by atoms with Crippen LogP contribution in [0.4, 0.5) is 0 Å². The third kappa shape index (κ3) is 8.09. The van der Waals surface area contributed by atoms with Gasteiger partial charge in [0.25, 0.3) is 6.48 Å². The van der Waals surface area contributed by atoms with Crippen LogP contribution in [0.5, 0.6) is 0 Å². The Labute approximate surface area is 129 Å². The Balaban J connectivity index is 4.37. The molecule has 0 aromatic carbocycles. The highest BCUT2D eigenvalue weighted by atomic mass is 16.8. The Kier molecular flexibility index (Phi) is 10.1. The monoisotopic (exact) mass is 296 g/mol. The van der Waals surface area contributed by atoms with Crippen LogP contribution in [0.2, 0.25) is 0 Å². The van der Waals surface area contributed by atoms with E-state index in [1.165, 1.54) is 7.11 Å². The molecule has 4 nitrogen and oxygen atoms in total. The number of hydrogen-bond acceptors (Lipinski definition) is 4. The van der Waals surface area contributed by atoms with Crippen molar-refractivity contribution in [1.29, 1.82) is 0 Å². The van der Waals surface area contributed by atoms with Gasteiger partial charge in [-0.1, -0.05) is 32.6 Å². The number of methoxy groups -OCH3 is 1. The zero-order valence-corrected chi connectivity index (χ0v) is 14.0.